The Labute approximate surface area is 215 Å². The largest absolute Gasteiger partial charge is 0.497 e. The van der Waals surface area contributed by atoms with Gasteiger partial charge in [-0.05, 0) is 98.8 Å². The molecular formula is C27H33ClN2O4S. The number of benzene rings is 1. The molecular weight excluding hydrogens is 484 g/mol. The number of carboxylic acid groups (broad SMARTS) is 1. The molecule has 1 unspecified atom stereocenters. The number of carbonyl (C=O) groups is 1. The molecule has 2 N–H and O–H groups in total. The summed E-state index contributed by atoms with van der Waals surface area (Å²) in [4.78, 5) is 20.0. The molecule has 3 heterocycles. The van der Waals surface area contributed by atoms with Crippen molar-refractivity contribution in [2.45, 2.75) is 44.6 Å². The number of thiophene rings is 1. The average molecular weight is 517 g/mol. The van der Waals surface area contributed by atoms with Gasteiger partial charge in [0, 0.05) is 23.0 Å². The molecule has 2 aromatic heterocycles. The minimum Gasteiger partial charge on any atom is -0.497 e. The van der Waals surface area contributed by atoms with E-state index in [9.17, 15) is 15.0 Å². The second kappa shape index (κ2) is 12.2. The van der Waals surface area contributed by atoms with E-state index in [4.69, 9.17) is 16.3 Å². The van der Waals surface area contributed by atoms with Crippen molar-refractivity contribution in [3.05, 3.63) is 57.4 Å². The quantitative estimate of drug-likeness (QED) is 0.312. The number of hydrogen-bond donors (Lipinski definition) is 2. The van der Waals surface area contributed by atoms with Gasteiger partial charge in [-0.15, -0.1) is 11.3 Å². The summed E-state index contributed by atoms with van der Waals surface area (Å²) < 4.78 is 5.34. The maximum Gasteiger partial charge on any atom is 0.308 e. The number of aromatic nitrogens is 1. The summed E-state index contributed by atoms with van der Waals surface area (Å²) in [5.41, 5.74) is 1.62. The highest BCUT2D eigenvalue weighted by molar-refractivity contribution is 7.10. The number of pyridine rings is 1. The summed E-state index contributed by atoms with van der Waals surface area (Å²) in [6.45, 7) is 2.39. The lowest BCUT2D eigenvalue weighted by Crippen LogP contribution is -2.44. The number of ether oxygens (including phenoxy) is 1. The summed E-state index contributed by atoms with van der Waals surface area (Å²) >= 11 is 7.87. The highest BCUT2D eigenvalue weighted by atomic mass is 35.5. The third-order valence-electron chi connectivity index (χ3n) is 7.13. The molecule has 1 saturated heterocycles. The lowest BCUT2D eigenvalue weighted by atomic mass is 9.81. The Hall–Kier alpha value is -2.19. The number of piperidine rings is 1. The fourth-order valence-electron chi connectivity index (χ4n) is 5.11. The Morgan fingerprint density at radius 3 is 2.91 bits per heavy atom. The predicted octanol–water partition coefficient (Wildman–Crippen LogP) is 5.82. The van der Waals surface area contributed by atoms with Gasteiger partial charge in [0.05, 0.1) is 29.7 Å². The number of fused-ring (bicyclic) bond motifs is 1. The number of aliphatic hydroxyl groups is 1. The van der Waals surface area contributed by atoms with Gasteiger partial charge in [0.15, 0.2) is 0 Å². The molecule has 0 amide bonds. The molecule has 0 radical (unpaired) electrons. The average Bonchev–Trinajstić information content (AvgIpc) is 3.29. The van der Waals surface area contributed by atoms with Crippen molar-refractivity contribution < 1.29 is 19.7 Å². The maximum absolute atomic E-state index is 12.1. The molecule has 35 heavy (non-hydrogen) atoms. The van der Waals surface area contributed by atoms with Gasteiger partial charge in [-0.2, -0.15) is 0 Å². The molecule has 188 valence electrons. The van der Waals surface area contributed by atoms with Gasteiger partial charge in [0.25, 0.3) is 0 Å². The molecule has 0 saturated carbocycles. The van der Waals surface area contributed by atoms with Crippen LogP contribution in [-0.4, -0.2) is 52.8 Å². The van der Waals surface area contributed by atoms with E-state index in [1.807, 2.05) is 35.7 Å². The fraction of sp³-hybridized carbons (Fsp3) is 0.481. The van der Waals surface area contributed by atoms with Crippen molar-refractivity contribution in [2.24, 2.45) is 11.8 Å². The van der Waals surface area contributed by atoms with Gasteiger partial charge in [0.2, 0.25) is 0 Å². The zero-order valence-electron chi connectivity index (χ0n) is 20.0. The van der Waals surface area contributed by atoms with E-state index in [1.54, 1.807) is 24.6 Å². The number of methoxy groups -OCH3 is 1. The van der Waals surface area contributed by atoms with Crippen LogP contribution < -0.4 is 4.74 Å². The smallest absolute Gasteiger partial charge is 0.308 e. The third kappa shape index (κ3) is 6.53. The third-order valence-corrected chi connectivity index (χ3v) is 8.58. The monoisotopic (exact) mass is 516 g/mol. The molecule has 3 atom stereocenters. The number of nitrogens with zero attached hydrogens (tertiary/aromatic N) is 2. The highest BCUT2D eigenvalue weighted by Gasteiger charge is 2.34. The van der Waals surface area contributed by atoms with E-state index in [0.717, 1.165) is 66.0 Å². The van der Waals surface area contributed by atoms with E-state index in [-0.39, 0.29) is 5.92 Å². The number of aryl methyl sites for hydroxylation is 1. The molecule has 6 nitrogen and oxygen atoms in total. The summed E-state index contributed by atoms with van der Waals surface area (Å²) in [5.74, 6) is -0.364. The van der Waals surface area contributed by atoms with E-state index >= 15 is 0 Å². The summed E-state index contributed by atoms with van der Waals surface area (Å²) in [7, 11) is 1.62. The number of rotatable bonds is 11. The zero-order valence-corrected chi connectivity index (χ0v) is 21.6. The van der Waals surface area contributed by atoms with Gasteiger partial charge in [0.1, 0.15) is 5.75 Å². The van der Waals surface area contributed by atoms with E-state index in [1.165, 1.54) is 4.88 Å². The summed E-state index contributed by atoms with van der Waals surface area (Å²) in [6.07, 6.45) is 6.12. The van der Waals surface area contributed by atoms with Crippen LogP contribution >= 0.6 is 22.9 Å². The number of halogens is 1. The molecule has 0 bridgehead atoms. The maximum atomic E-state index is 12.1. The van der Waals surface area contributed by atoms with Crippen molar-refractivity contribution in [2.75, 3.05) is 26.7 Å². The molecule has 1 fully saturated rings. The summed E-state index contributed by atoms with van der Waals surface area (Å²) in [6, 6.07) is 9.41. The molecule has 1 aliphatic rings. The Bertz CT molecular complexity index is 1140. The molecule has 8 heteroatoms. The van der Waals surface area contributed by atoms with Gasteiger partial charge in [-0.3, -0.25) is 9.78 Å². The Morgan fingerprint density at radius 2 is 2.17 bits per heavy atom. The van der Waals surface area contributed by atoms with Crippen molar-refractivity contribution >= 4 is 39.8 Å². The Morgan fingerprint density at radius 1 is 1.31 bits per heavy atom. The van der Waals surface area contributed by atoms with E-state index in [0.29, 0.717) is 19.4 Å². The van der Waals surface area contributed by atoms with E-state index in [2.05, 4.69) is 9.88 Å². The van der Waals surface area contributed by atoms with Crippen LogP contribution in [0.15, 0.2) is 41.9 Å². The van der Waals surface area contributed by atoms with Crippen molar-refractivity contribution in [3.63, 3.8) is 0 Å². The first kappa shape index (κ1) is 25.9. The number of likely N-dealkylation sites (tertiary alicyclic amines) is 1. The Kier molecular flexibility index (Phi) is 9.00. The number of aliphatic hydroxyl groups excluding tert-OH is 1. The van der Waals surface area contributed by atoms with Crippen LogP contribution in [0.25, 0.3) is 10.9 Å². The van der Waals surface area contributed by atoms with Gasteiger partial charge < -0.3 is 19.8 Å². The first-order valence-electron chi connectivity index (χ1n) is 12.2. The topological polar surface area (TPSA) is 82.9 Å². The van der Waals surface area contributed by atoms with Crippen LogP contribution in [0.1, 0.15) is 48.6 Å². The van der Waals surface area contributed by atoms with Crippen molar-refractivity contribution in [1.82, 2.24) is 9.88 Å². The molecule has 0 spiro atoms. The molecule has 4 rings (SSSR count). The van der Waals surface area contributed by atoms with Crippen LogP contribution in [0.4, 0.5) is 0 Å². The van der Waals surface area contributed by atoms with Crippen LogP contribution in [-0.2, 0) is 11.2 Å². The first-order valence-corrected chi connectivity index (χ1v) is 13.5. The second-order valence-electron chi connectivity index (χ2n) is 9.32. The lowest BCUT2D eigenvalue weighted by Gasteiger charge is -2.37. The molecule has 1 aromatic carbocycles. The molecule has 1 aliphatic heterocycles. The predicted molar refractivity (Wildman–Crippen MR) is 140 cm³/mol. The van der Waals surface area contributed by atoms with Crippen molar-refractivity contribution in [1.29, 1.82) is 0 Å². The number of hydrogen-bond acceptors (Lipinski definition) is 6. The van der Waals surface area contributed by atoms with Crippen LogP contribution in [0, 0.1) is 11.8 Å². The van der Waals surface area contributed by atoms with E-state index < -0.39 is 18.0 Å². The number of aliphatic carboxylic acids is 1. The summed E-state index contributed by atoms with van der Waals surface area (Å²) in [5, 5.41) is 24.6. The molecule has 0 aliphatic carbocycles. The van der Waals surface area contributed by atoms with Crippen molar-refractivity contribution in [3.8, 4) is 5.75 Å². The second-order valence-corrected chi connectivity index (χ2v) is 10.7. The Balaban J connectivity index is 1.30. The van der Waals surface area contributed by atoms with Crippen LogP contribution in [0.5, 0.6) is 5.75 Å². The molecule has 3 aromatic rings. The number of unbranched alkanes of at least 4 members (excludes halogenated alkanes) is 1. The van der Waals surface area contributed by atoms with Gasteiger partial charge >= 0.3 is 5.97 Å². The van der Waals surface area contributed by atoms with Gasteiger partial charge in [-0.25, -0.2) is 0 Å². The minimum atomic E-state index is -0.737. The standard InChI is InChI=1S/C27H33ClN2O4S/c1-34-19-6-7-24-21(16-19)20(9-12-29-24)25(31)8-5-18-10-14-30(17-22(18)27(32)33)13-3-2-4-26-23(28)11-15-35-26/h6-7,9,11-12,15-16,18,22,25,31H,2-5,8,10,13-14,17H2,1H3,(H,32,33)/t18-,22+,25?/m1/s1. The normalized spacial score (nSPS) is 19.6. The van der Waals surface area contributed by atoms with Crippen LogP contribution in [0.2, 0.25) is 5.02 Å². The minimum absolute atomic E-state index is 0.0611. The highest BCUT2D eigenvalue weighted by Crippen LogP contribution is 2.34. The number of carboxylic acids is 1. The SMILES string of the molecule is COc1ccc2nccc(C(O)CC[C@@H]3CCN(CCCCc4sccc4Cl)C[C@@H]3C(=O)O)c2c1. The first-order chi connectivity index (χ1) is 17.0. The zero-order chi connectivity index (χ0) is 24.8. The van der Waals surface area contributed by atoms with Gasteiger partial charge in [-0.1, -0.05) is 11.6 Å². The van der Waals surface area contributed by atoms with Crippen LogP contribution in [0.3, 0.4) is 0 Å². The fourth-order valence-corrected chi connectivity index (χ4v) is 6.29. The lowest BCUT2D eigenvalue weighted by molar-refractivity contribution is -0.146.